The molecule has 0 heterocycles. The zero-order chi connectivity index (χ0) is 10.6. The molecule has 0 saturated heterocycles. The lowest BCUT2D eigenvalue weighted by Gasteiger charge is -2.10. The Kier molecular flexibility index (Phi) is 3.17. The summed E-state index contributed by atoms with van der Waals surface area (Å²) in [4.78, 5) is 10.5. The molecule has 0 spiro atoms. The average Bonchev–Trinajstić information content (AvgIpc) is 2.15. The van der Waals surface area contributed by atoms with E-state index in [9.17, 15) is 4.79 Å². The number of hydrogen-bond acceptors (Lipinski definition) is 4. The fraction of sp³-hybridized carbons (Fsp3) is 0.222. The summed E-state index contributed by atoms with van der Waals surface area (Å²) in [6.45, 7) is -0.218. The molecular formula is C9H12N2O3. The Morgan fingerprint density at radius 1 is 1.50 bits per heavy atom. The summed E-state index contributed by atoms with van der Waals surface area (Å²) in [5.74, 6) is 0.260. The summed E-state index contributed by atoms with van der Waals surface area (Å²) in [6.07, 6.45) is 0. The normalized spacial score (nSPS) is 9.50. The third kappa shape index (κ3) is 2.29. The number of nitrogen functional groups attached to an aromatic ring is 1. The second-order valence-corrected chi connectivity index (χ2v) is 2.63. The topological polar surface area (TPSA) is 87.6 Å². The quantitative estimate of drug-likeness (QED) is 0.670. The predicted octanol–water partition coefficient (Wildman–Crippen LogP) is 0.141. The van der Waals surface area contributed by atoms with E-state index in [1.54, 1.807) is 18.2 Å². The molecule has 1 aromatic carbocycles. The molecule has 0 fully saturated rings. The van der Waals surface area contributed by atoms with Crippen LogP contribution >= 0.6 is 0 Å². The van der Waals surface area contributed by atoms with Crippen LogP contribution in [0.2, 0.25) is 0 Å². The molecule has 0 aliphatic rings. The van der Waals surface area contributed by atoms with E-state index in [0.29, 0.717) is 17.2 Å². The van der Waals surface area contributed by atoms with Crippen LogP contribution in [0.4, 0.5) is 5.69 Å². The Labute approximate surface area is 81.6 Å². The fourth-order valence-electron chi connectivity index (χ4n) is 0.991. The first-order valence-corrected chi connectivity index (χ1v) is 3.98. The van der Waals surface area contributed by atoms with E-state index >= 15 is 0 Å². The van der Waals surface area contributed by atoms with Crippen molar-refractivity contribution < 1.29 is 14.3 Å². The van der Waals surface area contributed by atoms with Crippen molar-refractivity contribution >= 4 is 11.6 Å². The molecule has 0 saturated carbocycles. The van der Waals surface area contributed by atoms with E-state index in [-0.39, 0.29) is 6.61 Å². The molecule has 1 rings (SSSR count). The Morgan fingerprint density at radius 2 is 2.21 bits per heavy atom. The molecule has 1 amide bonds. The van der Waals surface area contributed by atoms with E-state index < -0.39 is 5.91 Å². The van der Waals surface area contributed by atoms with Gasteiger partial charge in [0.2, 0.25) is 0 Å². The monoisotopic (exact) mass is 196 g/mol. The maximum atomic E-state index is 10.5. The van der Waals surface area contributed by atoms with Crippen LogP contribution in [0.1, 0.15) is 0 Å². The van der Waals surface area contributed by atoms with Gasteiger partial charge in [-0.1, -0.05) is 6.07 Å². The van der Waals surface area contributed by atoms with Gasteiger partial charge in [-0.25, -0.2) is 0 Å². The number of carbonyl (C=O) groups is 1. The number of primary amides is 1. The number of carbonyl (C=O) groups excluding carboxylic acids is 1. The summed E-state index contributed by atoms with van der Waals surface area (Å²) < 4.78 is 10.1. The number of nitrogens with two attached hydrogens (primary N) is 2. The van der Waals surface area contributed by atoms with E-state index in [1.165, 1.54) is 7.11 Å². The highest BCUT2D eigenvalue weighted by atomic mass is 16.5. The lowest BCUT2D eigenvalue weighted by atomic mass is 10.3. The molecule has 0 aliphatic heterocycles. The smallest absolute Gasteiger partial charge is 0.255 e. The van der Waals surface area contributed by atoms with E-state index in [2.05, 4.69) is 0 Å². The number of anilines is 1. The van der Waals surface area contributed by atoms with Gasteiger partial charge in [-0.15, -0.1) is 0 Å². The van der Waals surface area contributed by atoms with Gasteiger partial charge in [-0.3, -0.25) is 4.79 Å². The molecular weight excluding hydrogens is 184 g/mol. The second kappa shape index (κ2) is 4.36. The molecule has 14 heavy (non-hydrogen) atoms. The molecule has 0 unspecified atom stereocenters. The first-order valence-electron chi connectivity index (χ1n) is 3.98. The Bertz CT molecular complexity index is 339. The van der Waals surface area contributed by atoms with Gasteiger partial charge in [0.15, 0.2) is 18.1 Å². The molecule has 4 N–H and O–H groups in total. The maximum Gasteiger partial charge on any atom is 0.255 e. The van der Waals surface area contributed by atoms with Gasteiger partial charge in [-0.2, -0.15) is 0 Å². The van der Waals surface area contributed by atoms with Crippen LogP contribution in [-0.4, -0.2) is 19.6 Å². The van der Waals surface area contributed by atoms with Crippen LogP contribution in [0.15, 0.2) is 18.2 Å². The molecule has 5 heteroatoms. The fourth-order valence-corrected chi connectivity index (χ4v) is 0.991. The van der Waals surface area contributed by atoms with Crippen molar-refractivity contribution in [1.82, 2.24) is 0 Å². The number of benzene rings is 1. The highest BCUT2D eigenvalue weighted by Crippen LogP contribution is 2.32. The molecule has 1 aromatic rings. The van der Waals surface area contributed by atoms with Crippen LogP contribution in [0.25, 0.3) is 0 Å². The standard InChI is InChI=1S/C9H12N2O3/c1-13-7-4-2-3-6(10)9(7)14-5-8(11)12/h2-4H,5,10H2,1H3,(H2,11,12). The predicted molar refractivity (Wildman–Crippen MR) is 52.1 cm³/mol. The molecule has 0 aliphatic carbocycles. The van der Waals surface area contributed by atoms with Gasteiger partial charge in [0, 0.05) is 0 Å². The van der Waals surface area contributed by atoms with Crippen molar-refractivity contribution in [3.05, 3.63) is 18.2 Å². The van der Waals surface area contributed by atoms with Crippen LogP contribution in [0.3, 0.4) is 0 Å². The maximum absolute atomic E-state index is 10.5. The minimum absolute atomic E-state index is 0.218. The van der Waals surface area contributed by atoms with Crippen molar-refractivity contribution in [2.75, 3.05) is 19.5 Å². The molecule has 5 nitrogen and oxygen atoms in total. The van der Waals surface area contributed by atoms with Crippen LogP contribution in [0.5, 0.6) is 11.5 Å². The second-order valence-electron chi connectivity index (χ2n) is 2.63. The Balaban J connectivity index is 2.87. The van der Waals surface area contributed by atoms with Gasteiger partial charge in [0.25, 0.3) is 5.91 Å². The van der Waals surface area contributed by atoms with Crippen LogP contribution in [-0.2, 0) is 4.79 Å². The first kappa shape index (κ1) is 10.2. The van der Waals surface area contributed by atoms with Gasteiger partial charge >= 0.3 is 0 Å². The number of rotatable bonds is 4. The van der Waals surface area contributed by atoms with E-state index in [4.69, 9.17) is 20.9 Å². The minimum Gasteiger partial charge on any atom is -0.493 e. The largest absolute Gasteiger partial charge is 0.493 e. The number of para-hydroxylation sites is 1. The van der Waals surface area contributed by atoms with Crippen LogP contribution < -0.4 is 20.9 Å². The van der Waals surface area contributed by atoms with Crippen molar-refractivity contribution in [1.29, 1.82) is 0 Å². The van der Waals surface area contributed by atoms with E-state index in [0.717, 1.165) is 0 Å². The third-order valence-electron chi connectivity index (χ3n) is 1.59. The SMILES string of the molecule is COc1cccc(N)c1OCC(N)=O. The first-order chi connectivity index (χ1) is 6.65. The third-order valence-corrected chi connectivity index (χ3v) is 1.59. The number of methoxy groups -OCH3 is 1. The van der Waals surface area contributed by atoms with Crippen molar-refractivity contribution in [3.8, 4) is 11.5 Å². The molecule has 76 valence electrons. The molecule has 0 aromatic heterocycles. The van der Waals surface area contributed by atoms with Crippen LogP contribution in [0, 0.1) is 0 Å². The van der Waals surface area contributed by atoms with Gasteiger partial charge in [0.1, 0.15) is 0 Å². The lowest BCUT2D eigenvalue weighted by molar-refractivity contribution is -0.119. The summed E-state index contributed by atoms with van der Waals surface area (Å²) in [7, 11) is 1.49. The number of hydrogen-bond donors (Lipinski definition) is 2. The summed E-state index contributed by atoms with van der Waals surface area (Å²) in [6, 6.07) is 5.07. The van der Waals surface area contributed by atoms with E-state index in [1.807, 2.05) is 0 Å². The summed E-state index contributed by atoms with van der Waals surface area (Å²) in [5.41, 5.74) is 11.0. The summed E-state index contributed by atoms with van der Waals surface area (Å²) in [5, 5.41) is 0. The average molecular weight is 196 g/mol. The lowest BCUT2D eigenvalue weighted by Crippen LogP contribution is -2.20. The molecule has 0 atom stereocenters. The number of ether oxygens (including phenoxy) is 2. The Hall–Kier alpha value is -1.91. The van der Waals surface area contributed by atoms with Gasteiger partial charge in [-0.05, 0) is 12.1 Å². The highest BCUT2D eigenvalue weighted by molar-refractivity contribution is 5.76. The summed E-state index contributed by atoms with van der Waals surface area (Å²) >= 11 is 0. The number of amides is 1. The zero-order valence-corrected chi connectivity index (χ0v) is 7.82. The van der Waals surface area contributed by atoms with Crippen molar-refractivity contribution in [2.24, 2.45) is 5.73 Å². The van der Waals surface area contributed by atoms with Gasteiger partial charge < -0.3 is 20.9 Å². The molecule has 0 radical (unpaired) electrons. The highest BCUT2D eigenvalue weighted by Gasteiger charge is 2.08. The van der Waals surface area contributed by atoms with Crippen molar-refractivity contribution in [3.63, 3.8) is 0 Å². The Morgan fingerprint density at radius 3 is 2.79 bits per heavy atom. The zero-order valence-electron chi connectivity index (χ0n) is 7.82. The minimum atomic E-state index is -0.560. The molecule has 0 bridgehead atoms. The van der Waals surface area contributed by atoms with Gasteiger partial charge in [0.05, 0.1) is 12.8 Å². The van der Waals surface area contributed by atoms with Crippen molar-refractivity contribution in [2.45, 2.75) is 0 Å².